The highest BCUT2D eigenvalue weighted by Gasteiger charge is 2.28. The SMILES string of the molecule is C[C@@H]1CN(C(=O)c2[nH]ncc2Br)C[C@@H](C)O1. The quantitative estimate of drug-likeness (QED) is 0.850. The number of aromatic nitrogens is 2. The molecule has 1 N–H and O–H groups in total. The van der Waals surface area contributed by atoms with E-state index in [2.05, 4.69) is 26.1 Å². The van der Waals surface area contributed by atoms with Gasteiger partial charge in [-0.1, -0.05) is 0 Å². The Morgan fingerprint density at radius 1 is 1.56 bits per heavy atom. The van der Waals surface area contributed by atoms with Gasteiger partial charge in [-0.15, -0.1) is 0 Å². The summed E-state index contributed by atoms with van der Waals surface area (Å²) in [6.07, 6.45) is 1.74. The second-order valence-electron chi connectivity index (χ2n) is 4.06. The van der Waals surface area contributed by atoms with Crippen molar-refractivity contribution in [1.82, 2.24) is 15.1 Å². The number of aromatic amines is 1. The molecule has 5 nitrogen and oxygen atoms in total. The first kappa shape index (κ1) is 11.6. The minimum Gasteiger partial charge on any atom is -0.372 e. The van der Waals surface area contributed by atoms with Gasteiger partial charge in [0.25, 0.3) is 5.91 Å². The van der Waals surface area contributed by atoms with Crippen molar-refractivity contribution in [1.29, 1.82) is 0 Å². The van der Waals surface area contributed by atoms with Crippen LogP contribution in [0.2, 0.25) is 0 Å². The lowest BCUT2D eigenvalue weighted by Gasteiger charge is -2.35. The number of nitrogens with zero attached hydrogens (tertiary/aromatic N) is 2. The number of hydrogen-bond acceptors (Lipinski definition) is 3. The molecule has 0 saturated carbocycles. The first-order chi connectivity index (χ1) is 7.58. The largest absolute Gasteiger partial charge is 0.372 e. The van der Waals surface area contributed by atoms with Crippen LogP contribution in [0, 0.1) is 0 Å². The van der Waals surface area contributed by atoms with Crippen molar-refractivity contribution in [3.05, 3.63) is 16.4 Å². The van der Waals surface area contributed by atoms with E-state index in [1.165, 1.54) is 0 Å². The zero-order chi connectivity index (χ0) is 11.7. The number of rotatable bonds is 1. The van der Waals surface area contributed by atoms with Crippen molar-refractivity contribution in [3.8, 4) is 0 Å². The molecule has 6 heteroatoms. The van der Waals surface area contributed by atoms with Crippen LogP contribution in [-0.4, -0.2) is 46.3 Å². The highest BCUT2D eigenvalue weighted by Crippen LogP contribution is 2.18. The second kappa shape index (κ2) is 4.55. The Morgan fingerprint density at radius 3 is 2.69 bits per heavy atom. The third-order valence-corrected chi connectivity index (χ3v) is 3.12. The van der Waals surface area contributed by atoms with E-state index in [1.54, 1.807) is 11.1 Å². The monoisotopic (exact) mass is 287 g/mol. The summed E-state index contributed by atoms with van der Waals surface area (Å²) in [6.45, 7) is 5.18. The van der Waals surface area contributed by atoms with E-state index in [1.807, 2.05) is 13.8 Å². The predicted octanol–water partition coefficient (Wildman–Crippen LogP) is 1.42. The maximum Gasteiger partial charge on any atom is 0.273 e. The topological polar surface area (TPSA) is 58.2 Å². The predicted molar refractivity (Wildman–Crippen MR) is 62.2 cm³/mol. The number of ether oxygens (including phenoxy) is 1. The number of carbonyl (C=O) groups is 1. The minimum absolute atomic E-state index is 0.0358. The van der Waals surface area contributed by atoms with Crippen molar-refractivity contribution in [2.45, 2.75) is 26.1 Å². The number of halogens is 1. The van der Waals surface area contributed by atoms with Crippen LogP contribution in [0.25, 0.3) is 0 Å². The minimum atomic E-state index is -0.0358. The number of nitrogens with one attached hydrogen (secondary N) is 1. The molecule has 1 fully saturated rings. The van der Waals surface area contributed by atoms with Gasteiger partial charge in [-0.2, -0.15) is 5.10 Å². The van der Waals surface area contributed by atoms with Crippen LogP contribution >= 0.6 is 15.9 Å². The Kier molecular flexibility index (Phi) is 3.30. The molecular formula is C10H14BrN3O2. The van der Waals surface area contributed by atoms with E-state index >= 15 is 0 Å². The van der Waals surface area contributed by atoms with Crippen molar-refractivity contribution >= 4 is 21.8 Å². The number of carbonyl (C=O) groups excluding carboxylic acids is 1. The molecule has 1 aromatic rings. The maximum atomic E-state index is 12.1. The molecule has 1 aliphatic heterocycles. The summed E-state index contributed by atoms with van der Waals surface area (Å²) < 4.78 is 6.28. The molecule has 0 unspecified atom stereocenters. The van der Waals surface area contributed by atoms with Gasteiger partial charge in [-0.3, -0.25) is 9.89 Å². The Labute approximate surface area is 102 Å². The standard InChI is InChI=1S/C10H14BrN3O2/c1-6-4-14(5-7(2)16-6)10(15)9-8(11)3-12-13-9/h3,6-7H,4-5H2,1-2H3,(H,12,13)/t6-,7-/m1/s1. The smallest absolute Gasteiger partial charge is 0.273 e. The molecule has 2 heterocycles. The van der Waals surface area contributed by atoms with Gasteiger partial charge in [0.15, 0.2) is 0 Å². The molecule has 0 aromatic carbocycles. The number of morpholine rings is 1. The van der Waals surface area contributed by atoms with E-state index in [0.717, 1.165) is 0 Å². The highest BCUT2D eigenvalue weighted by atomic mass is 79.9. The fourth-order valence-electron chi connectivity index (χ4n) is 1.92. The lowest BCUT2D eigenvalue weighted by atomic mass is 10.2. The Hall–Kier alpha value is -0.880. The summed E-state index contributed by atoms with van der Waals surface area (Å²) in [7, 11) is 0. The van der Waals surface area contributed by atoms with Gasteiger partial charge in [-0.05, 0) is 29.8 Å². The van der Waals surface area contributed by atoms with Crippen LogP contribution in [-0.2, 0) is 4.74 Å². The molecule has 16 heavy (non-hydrogen) atoms. The number of hydrogen-bond donors (Lipinski definition) is 1. The molecule has 2 atom stereocenters. The lowest BCUT2D eigenvalue weighted by molar-refractivity contribution is -0.0587. The summed E-state index contributed by atoms with van der Waals surface area (Å²) >= 11 is 3.29. The van der Waals surface area contributed by atoms with Gasteiger partial charge in [0, 0.05) is 13.1 Å². The summed E-state index contributed by atoms with van der Waals surface area (Å²) in [5.74, 6) is -0.0358. The molecule has 2 rings (SSSR count). The number of H-pyrrole nitrogens is 1. The van der Waals surface area contributed by atoms with Crippen molar-refractivity contribution in [2.75, 3.05) is 13.1 Å². The molecule has 1 aromatic heterocycles. The van der Waals surface area contributed by atoms with E-state index in [-0.39, 0.29) is 18.1 Å². The van der Waals surface area contributed by atoms with E-state index in [9.17, 15) is 4.79 Å². The van der Waals surface area contributed by atoms with Crippen LogP contribution in [0.5, 0.6) is 0 Å². The van der Waals surface area contributed by atoms with Crippen LogP contribution in [0.1, 0.15) is 24.3 Å². The van der Waals surface area contributed by atoms with Gasteiger partial charge >= 0.3 is 0 Å². The summed E-state index contributed by atoms with van der Waals surface area (Å²) in [4.78, 5) is 13.9. The van der Waals surface area contributed by atoms with Gasteiger partial charge in [-0.25, -0.2) is 0 Å². The van der Waals surface area contributed by atoms with E-state index < -0.39 is 0 Å². The Bertz CT molecular complexity index is 383. The lowest BCUT2D eigenvalue weighted by Crippen LogP contribution is -2.48. The van der Waals surface area contributed by atoms with Gasteiger partial charge in [0.05, 0.1) is 22.9 Å². The first-order valence-corrected chi connectivity index (χ1v) is 6.01. The van der Waals surface area contributed by atoms with Gasteiger partial charge in [0.2, 0.25) is 0 Å². The first-order valence-electron chi connectivity index (χ1n) is 5.21. The molecule has 1 aliphatic rings. The number of amides is 1. The molecule has 0 radical (unpaired) electrons. The van der Waals surface area contributed by atoms with Gasteiger partial charge < -0.3 is 9.64 Å². The maximum absolute atomic E-state index is 12.1. The zero-order valence-corrected chi connectivity index (χ0v) is 10.8. The van der Waals surface area contributed by atoms with Crippen LogP contribution in [0.4, 0.5) is 0 Å². The molecule has 88 valence electrons. The Balaban J connectivity index is 2.13. The summed E-state index contributed by atoms with van der Waals surface area (Å²) in [5, 5.41) is 6.53. The molecule has 1 amide bonds. The zero-order valence-electron chi connectivity index (χ0n) is 9.24. The third-order valence-electron chi connectivity index (χ3n) is 2.51. The van der Waals surface area contributed by atoms with Crippen LogP contribution < -0.4 is 0 Å². The summed E-state index contributed by atoms with van der Waals surface area (Å²) in [6, 6.07) is 0. The van der Waals surface area contributed by atoms with Crippen molar-refractivity contribution in [3.63, 3.8) is 0 Å². The molecule has 0 spiro atoms. The molecular weight excluding hydrogens is 274 g/mol. The van der Waals surface area contributed by atoms with Crippen LogP contribution in [0.3, 0.4) is 0 Å². The highest BCUT2D eigenvalue weighted by molar-refractivity contribution is 9.10. The average molecular weight is 288 g/mol. The van der Waals surface area contributed by atoms with E-state index in [0.29, 0.717) is 23.3 Å². The fraction of sp³-hybridized carbons (Fsp3) is 0.600. The Morgan fingerprint density at radius 2 is 2.19 bits per heavy atom. The van der Waals surface area contributed by atoms with Gasteiger partial charge in [0.1, 0.15) is 5.69 Å². The second-order valence-corrected chi connectivity index (χ2v) is 4.91. The molecule has 0 bridgehead atoms. The van der Waals surface area contributed by atoms with E-state index in [4.69, 9.17) is 4.74 Å². The van der Waals surface area contributed by atoms with Crippen LogP contribution in [0.15, 0.2) is 10.7 Å². The summed E-state index contributed by atoms with van der Waals surface area (Å²) in [5.41, 5.74) is 0.501. The molecule has 1 saturated heterocycles. The van der Waals surface area contributed by atoms with Crippen molar-refractivity contribution in [2.24, 2.45) is 0 Å². The third kappa shape index (κ3) is 2.27. The normalized spacial score (nSPS) is 25.8. The average Bonchev–Trinajstić information content (AvgIpc) is 2.62. The molecule has 0 aliphatic carbocycles. The van der Waals surface area contributed by atoms with Crippen molar-refractivity contribution < 1.29 is 9.53 Å². The fourth-order valence-corrected chi connectivity index (χ4v) is 2.28.